The maximum absolute atomic E-state index is 12.6. The van der Waals surface area contributed by atoms with Gasteiger partial charge in [-0.25, -0.2) is 4.98 Å². The largest absolute Gasteiger partial charge is 0.425 e. The average Bonchev–Trinajstić information content (AvgIpc) is 2.63. The number of aromatic amines is 1. The lowest BCUT2D eigenvalue weighted by Gasteiger charge is -2.11. The number of benzene rings is 1. The van der Waals surface area contributed by atoms with Crippen molar-refractivity contribution in [1.82, 2.24) is 9.97 Å². The normalized spacial score (nSPS) is 11.5. The molecule has 90 valence electrons. The minimum Gasteiger partial charge on any atom is -0.425 e. The second-order valence-corrected chi connectivity index (χ2v) is 3.24. The number of rotatable bonds is 2. The molecule has 0 saturated heterocycles. The lowest BCUT2D eigenvalue weighted by Crippen LogP contribution is -2.07. The van der Waals surface area contributed by atoms with Crippen LogP contribution in [-0.4, -0.2) is 9.97 Å². The molecule has 0 amide bonds. The van der Waals surface area contributed by atoms with Crippen molar-refractivity contribution in [3.05, 3.63) is 36.0 Å². The van der Waals surface area contributed by atoms with E-state index in [1.165, 1.54) is 24.4 Å². The zero-order valence-corrected chi connectivity index (χ0v) is 8.45. The molecule has 0 aliphatic heterocycles. The maximum atomic E-state index is 12.6. The zero-order valence-electron chi connectivity index (χ0n) is 8.45. The summed E-state index contributed by atoms with van der Waals surface area (Å²) < 4.78 is 42.9. The summed E-state index contributed by atoms with van der Waals surface area (Å²) in [5.74, 6) is -0.112. The summed E-state index contributed by atoms with van der Waals surface area (Å²) in [6.45, 7) is 0. The van der Waals surface area contributed by atoms with Crippen molar-refractivity contribution in [3.8, 4) is 11.8 Å². The van der Waals surface area contributed by atoms with Crippen LogP contribution in [0.5, 0.6) is 11.8 Å². The molecule has 7 heteroatoms. The van der Waals surface area contributed by atoms with E-state index >= 15 is 0 Å². The summed E-state index contributed by atoms with van der Waals surface area (Å²) >= 11 is 0. The lowest BCUT2D eigenvalue weighted by atomic mass is 10.2. The molecule has 2 aromatic rings. The quantitative estimate of drug-likeness (QED) is 0.852. The molecule has 0 aliphatic rings. The molecular formula is C10H8F3N3O. The summed E-state index contributed by atoms with van der Waals surface area (Å²) in [6.07, 6.45) is -3.22. The molecule has 0 radical (unpaired) electrons. The number of H-pyrrole nitrogens is 1. The Morgan fingerprint density at radius 1 is 1.24 bits per heavy atom. The van der Waals surface area contributed by atoms with Gasteiger partial charge in [0.1, 0.15) is 11.6 Å². The predicted molar refractivity (Wildman–Crippen MR) is 54.5 cm³/mol. The standard InChI is InChI=1S/C10H8F3N3O/c11-10(12,13)6-3-1-2-4-7(6)17-9-15-5-8(14)16-9/h1-5H,14H2,(H,15,16). The van der Waals surface area contributed by atoms with E-state index in [0.29, 0.717) is 0 Å². The SMILES string of the molecule is Nc1cnc(Oc2ccccc2C(F)(F)F)[nH]1. The highest BCUT2D eigenvalue weighted by atomic mass is 19.4. The third-order valence-corrected chi connectivity index (χ3v) is 1.97. The van der Waals surface area contributed by atoms with Crippen LogP contribution >= 0.6 is 0 Å². The van der Waals surface area contributed by atoms with Gasteiger partial charge in [0.2, 0.25) is 0 Å². The third kappa shape index (κ3) is 2.49. The van der Waals surface area contributed by atoms with Gasteiger partial charge in [0.25, 0.3) is 0 Å². The topological polar surface area (TPSA) is 63.9 Å². The van der Waals surface area contributed by atoms with Crippen molar-refractivity contribution in [2.24, 2.45) is 0 Å². The van der Waals surface area contributed by atoms with Crippen LogP contribution in [0.25, 0.3) is 0 Å². The van der Waals surface area contributed by atoms with Gasteiger partial charge in [-0.2, -0.15) is 13.2 Å². The number of nitrogens with zero attached hydrogens (tertiary/aromatic N) is 1. The molecule has 2 rings (SSSR count). The van der Waals surface area contributed by atoms with Crippen molar-refractivity contribution in [2.75, 3.05) is 5.73 Å². The van der Waals surface area contributed by atoms with Crippen LogP contribution in [0.4, 0.5) is 19.0 Å². The number of nitrogens with two attached hydrogens (primary N) is 1. The Hall–Kier alpha value is -2.18. The number of alkyl halides is 3. The highest BCUT2D eigenvalue weighted by molar-refractivity contribution is 5.38. The molecule has 0 aliphatic carbocycles. The van der Waals surface area contributed by atoms with Crippen LogP contribution in [-0.2, 0) is 6.18 Å². The Morgan fingerprint density at radius 3 is 2.53 bits per heavy atom. The fourth-order valence-electron chi connectivity index (χ4n) is 1.26. The van der Waals surface area contributed by atoms with Gasteiger partial charge in [0.15, 0.2) is 0 Å². The molecule has 0 atom stereocenters. The van der Waals surface area contributed by atoms with Crippen LogP contribution in [0.2, 0.25) is 0 Å². The molecule has 0 unspecified atom stereocenters. The number of anilines is 1. The first-order valence-electron chi connectivity index (χ1n) is 4.61. The van der Waals surface area contributed by atoms with Crippen LogP contribution in [0.1, 0.15) is 5.56 Å². The van der Waals surface area contributed by atoms with Crippen molar-refractivity contribution in [1.29, 1.82) is 0 Å². The summed E-state index contributed by atoms with van der Waals surface area (Å²) in [5.41, 5.74) is 4.47. The van der Waals surface area contributed by atoms with E-state index in [9.17, 15) is 13.2 Å². The smallest absolute Gasteiger partial charge is 0.419 e. The molecule has 1 aromatic carbocycles. The van der Waals surface area contributed by atoms with Gasteiger partial charge in [0.05, 0.1) is 11.8 Å². The second kappa shape index (κ2) is 4.00. The van der Waals surface area contributed by atoms with E-state index in [4.69, 9.17) is 10.5 Å². The summed E-state index contributed by atoms with van der Waals surface area (Å²) in [4.78, 5) is 6.14. The van der Waals surface area contributed by atoms with Crippen LogP contribution in [0, 0.1) is 0 Å². The van der Waals surface area contributed by atoms with E-state index in [1.807, 2.05) is 0 Å². The van der Waals surface area contributed by atoms with Crippen molar-refractivity contribution in [3.63, 3.8) is 0 Å². The molecule has 3 N–H and O–H groups in total. The average molecular weight is 243 g/mol. The number of nitrogens with one attached hydrogen (secondary N) is 1. The summed E-state index contributed by atoms with van der Waals surface area (Å²) in [5, 5.41) is 0. The highest BCUT2D eigenvalue weighted by Gasteiger charge is 2.34. The second-order valence-electron chi connectivity index (χ2n) is 3.24. The fraction of sp³-hybridized carbons (Fsp3) is 0.100. The van der Waals surface area contributed by atoms with Crippen molar-refractivity contribution >= 4 is 5.82 Å². The maximum Gasteiger partial charge on any atom is 0.419 e. The van der Waals surface area contributed by atoms with Crippen LogP contribution in [0.3, 0.4) is 0 Å². The highest BCUT2D eigenvalue weighted by Crippen LogP contribution is 2.37. The number of para-hydroxylation sites is 1. The monoisotopic (exact) mass is 243 g/mol. The Bertz CT molecular complexity index is 522. The predicted octanol–water partition coefficient (Wildman–Crippen LogP) is 2.80. The number of aromatic nitrogens is 2. The molecule has 0 fully saturated rings. The number of nitrogen functional groups attached to an aromatic ring is 1. The van der Waals surface area contributed by atoms with Gasteiger partial charge in [-0.1, -0.05) is 12.1 Å². The van der Waals surface area contributed by atoms with Crippen LogP contribution in [0.15, 0.2) is 30.5 Å². The van der Waals surface area contributed by atoms with Gasteiger partial charge in [0, 0.05) is 0 Å². The van der Waals surface area contributed by atoms with Gasteiger partial charge in [-0.15, -0.1) is 0 Å². The number of hydrogen-bond donors (Lipinski definition) is 2. The first-order valence-corrected chi connectivity index (χ1v) is 4.61. The Labute approximate surface area is 94.2 Å². The third-order valence-electron chi connectivity index (χ3n) is 1.97. The van der Waals surface area contributed by atoms with Crippen LogP contribution < -0.4 is 10.5 Å². The summed E-state index contributed by atoms with van der Waals surface area (Å²) in [6, 6.07) is 4.78. The van der Waals surface area contributed by atoms with Gasteiger partial charge < -0.3 is 10.5 Å². The van der Waals surface area contributed by atoms with E-state index in [1.54, 1.807) is 0 Å². The van der Waals surface area contributed by atoms with Gasteiger partial charge in [-0.3, -0.25) is 4.98 Å². The first-order chi connectivity index (χ1) is 7.97. The molecular weight excluding hydrogens is 235 g/mol. The van der Waals surface area contributed by atoms with Crippen molar-refractivity contribution in [2.45, 2.75) is 6.18 Å². The molecule has 1 heterocycles. The Balaban J connectivity index is 2.33. The van der Waals surface area contributed by atoms with Crippen molar-refractivity contribution < 1.29 is 17.9 Å². The number of hydrogen-bond acceptors (Lipinski definition) is 3. The number of halogens is 3. The van der Waals surface area contributed by atoms with E-state index in [2.05, 4.69) is 9.97 Å². The lowest BCUT2D eigenvalue weighted by molar-refractivity contribution is -0.138. The molecule has 0 spiro atoms. The Morgan fingerprint density at radius 2 is 1.94 bits per heavy atom. The zero-order chi connectivity index (χ0) is 12.5. The minimum atomic E-state index is -4.48. The van der Waals surface area contributed by atoms with Gasteiger partial charge in [-0.05, 0) is 12.1 Å². The van der Waals surface area contributed by atoms with E-state index < -0.39 is 11.7 Å². The number of imidazole rings is 1. The van der Waals surface area contributed by atoms with E-state index in [-0.39, 0.29) is 17.6 Å². The molecule has 17 heavy (non-hydrogen) atoms. The first kappa shape index (κ1) is 11.3. The summed E-state index contributed by atoms with van der Waals surface area (Å²) in [7, 11) is 0. The molecule has 0 bridgehead atoms. The van der Waals surface area contributed by atoms with Gasteiger partial charge >= 0.3 is 12.2 Å². The fourth-order valence-corrected chi connectivity index (χ4v) is 1.26. The Kier molecular flexibility index (Phi) is 2.66. The number of ether oxygens (including phenoxy) is 1. The molecule has 4 nitrogen and oxygen atoms in total. The van der Waals surface area contributed by atoms with E-state index in [0.717, 1.165) is 6.07 Å². The molecule has 0 saturated carbocycles. The molecule has 1 aromatic heterocycles. The minimum absolute atomic E-state index is 0.0841.